The van der Waals surface area contributed by atoms with Crippen molar-refractivity contribution >= 4 is 45.5 Å². The van der Waals surface area contributed by atoms with Gasteiger partial charge in [-0.25, -0.2) is 11.8 Å². The molecule has 0 aromatic heterocycles. The first-order chi connectivity index (χ1) is 17.5. The Balaban J connectivity index is 0.00000223. The minimum atomic E-state index is -0.521. The average Bonchev–Trinajstić information content (AvgIpc) is 2.90. The summed E-state index contributed by atoms with van der Waals surface area (Å²) in [5.74, 6) is 2.17. The Morgan fingerprint density at radius 1 is 1.11 bits per heavy atom. The van der Waals surface area contributed by atoms with Gasteiger partial charge in [0.25, 0.3) is 0 Å². The molecule has 5 nitrogen and oxygen atoms in total. The van der Waals surface area contributed by atoms with Crippen molar-refractivity contribution in [2.24, 2.45) is 4.99 Å². The monoisotopic (exact) mass is 505 g/mol. The van der Waals surface area contributed by atoms with Crippen LogP contribution in [0.5, 0.6) is 0 Å². The smallest absolute Gasteiger partial charge is 0.463 e. The first-order valence-corrected chi connectivity index (χ1v) is 12.5. The molecule has 3 rings (SSSR count). The van der Waals surface area contributed by atoms with Crippen LogP contribution in [0.3, 0.4) is 0 Å². The summed E-state index contributed by atoms with van der Waals surface area (Å²) < 4.78 is 0. The van der Waals surface area contributed by atoms with Crippen LogP contribution in [0, 0.1) is 26.2 Å². The average molecular weight is 506 g/mol. The van der Waals surface area contributed by atoms with E-state index >= 15 is 0 Å². The zero-order valence-electron chi connectivity index (χ0n) is 21.9. The molecule has 1 amide bonds. The maximum absolute atomic E-state index is 13.0. The first-order valence-electron chi connectivity index (χ1n) is 11.7. The number of fused-ring (bicyclic) bond motifs is 1. The molecule has 1 N–H and O–H groups in total. The summed E-state index contributed by atoms with van der Waals surface area (Å²) in [4.78, 5) is 31.5. The van der Waals surface area contributed by atoms with Crippen molar-refractivity contribution < 1.29 is 28.4 Å². The second-order valence-corrected chi connectivity index (χ2v) is 8.73. The second-order valence-electron chi connectivity index (χ2n) is 7.84. The molecule has 0 spiro atoms. The van der Waals surface area contributed by atoms with Gasteiger partial charge in [0.1, 0.15) is 0 Å². The number of thioether (sulfide) groups is 1. The fourth-order valence-electron chi connectivity index (χ4n) is 3.46. The van der Waals surface area contributed by atoms with Crippen LogP contribution in [0.4, 0.5) is 5.69 Å². The van der Waals surface area contributed by atoms with Crippen molar-refractivity contribution in [1.82, 2.24) is 10.2 Å². The SMILES string of the molecule is C#CCN(C)CCCNC(=O)C(S[C-]=Nc1cc2ccccc2cc1C([CH2-])=O)c1ccccc1.[CH2-]C.[Li+]. The Morgan fingerprint density at radius 2 is 1.73 bits per heavy atom. The molecule has 0 bridgehead atoms. The van der Waals surface area contributed by atoms with Gasteiger partial charge in [-0.1, -0.05) is 60.5 Å². The Bertz CT molecular complexity index is 1210. The van der Waals surface area contributed by atoms with Crippen LogP contribution in [-0.2, 0) is 4.79 Å². The van der Waals surface area contributed by atoms with Crippen molar-refractivity contribution in [2.75, 3.05) is 26.7 Å². The van der Waals surface area contributed by atoms with Crippen molar-refractivity contribution in [3.63, 3.8) is 0 Å². The molecule has 3 aromatic rings. The van der Waals surface area contributed by atoms with E-state index in [1.54, 1.807) is 13.0 Å². The summed E-state index contributed by atoms with van der Waals surface area (Å²) in [6.07, 6.45) is 6.12. The number of amides is 1. The van der Waals surface area contributed by atoms with Crippen LogP contribution in [0.2, 0.25) is 0 Å². The molecule has 37 heavy (non-hydrogen) atoms. The van der Waals surface area contributed by atoms with E-state index in [-0.39, 0.29) is 30.6 Å². The van der Waals surface area contributed by atoms with Gasteiger partial charge in [0, 0.05) is 18.9 Å². The van der Waals surface area contributed by atoms with Gasteiger partial charge in [0.2, 0.25) is 5.91 Å². The Hall–Kier alpha value is -2.93. The molecule has 1 unspecified atom stereocenters. The van der Waals surface area contributed by atoms with E-state index < -0.39 is 5.25 Å². The summed E-state index contributed by atoms with van der Waals surface area (Å²) in [5.41, 5.74) is 4.69. The Kier molecular flexibility index (Phi) is 15.2. The van der Waals surface area contributed by atoms with Crippen molar-refractivity contribution in [2.45, 2.75) is 18.6 Å². The number of ketones is 1. The zero-order chi connectivity index (χ0) is 26.3. The number of benzene rings is 3. The number of aliphatic imine (C=N–C) groups is 1. The molecule has 7 heteroatoms. The third kappa shape index (κ3) is 10.2. The topological polar surface area (TPSA) is 61.8 Å². The van der Waals surface area contributed by atoms with E-state index in [0.29, 0.717) is 24.3 Å². The van der Waals surface area contributed by atoms with Gasteiger partial charge < -0.3 is 22.0 Å². The normalized spacial score (nSPS) is 11.2. The third-order valence-corrected chi connectivity index (χ3v) is 6.14. The summed E-state index contributed by atoms with van der Waals surface area (Å²) in [7, 11) is 1.95. The van der Waals surface area contributed by atoms with Gasteiger partial charge in [0.15, 0.2) is 0 Å². The summed E-state index contributed by atoms with van der Waals surface area (Å²) in [6, 6.07) is 20.9. The van der Waals surface area contributed by atoms with Crippen LogP contribution in [0.25, 0.3) is 10.8 Å². The molecular formula is C30H32LiN3O2S-2. The molecule has 3 aromatic carbocycles. The molecule has 0 radical (unpaired) electrons. The molecule has 1 atom stereocenters. The van der Waals surface area contributed by atoms with Crippen LogP contribution in [0.1, 0.15) is 34.5 Å². The number of terminal acetylenes is 1. The molecule has 0 aliphatic rings. The quantitative estimate of drug-likeness (QED) is 0.0828. The van der Waals surface area contributed by atoms with Crippen LogP contribution < -0.4 is 24.2 Å². The number of nitrogens with zero attached hydrogens (tertiary/aromatic N) is 2. The van der Waals surface area contributed by atoms with Crippen molar-refractivity contribution in [3.8, 4) is 12.3 Å². The van der Waals surface area contributed by atoms with E-state index in [1.807, 2.05) is 72.6 Å². The van der Waals surface area contributed by atoms with E-state index in [9.17, 15) is 9.59 Å². The van der Waals surface area contributed by atoms with Crippen molar-refractivity contribution in [1.29, 1.82) is 0 Å². The number of hydrogen-bond donors (Lipinski definition) is 1. The summed E-state index contributed by atoms with van der Waals surface area (Å²) in [5, 5.41) is 4.38. The van der Waals surface area contributed by atoms with Gasteiger partial charge >= 0.3 is 18.9 Å². The van der Waals surface area contributed by atoms with Crippen LogP contribution in [0.15, 0.2) is 71.7 Å². The van der Waals surface area contributed by atoms with E-state index in [0.717, 1.165) is 29.3 Å². The minimum absolute atomic E-state index is 0. The number of rotatable bonds is 11. The maximum atomic E-state index is 13.0. The van der Waals surface area contributed by atoms with Gasteiger partial charge in [-0.3, -0.25) is 9.69 Å². The largest absolute Gasteiger partial charge is 1.00 e. The van der Waals surface area contributed by atoms with Gasteiger partial charge in [-0.15, -0.1) is 24.1 Å². The van der Waals surface area contributed by atoms with E-state index in [2.05, 4.69) is 35.6 Å². The van der Waals surface area contributed by atoms with Gasteiger partial charge in [0.05, 0.1) is 11.8 Å². The van der Waals surface area contributed by atoms with Crippen LogP contribution in [-0.4, -0.2) is 48.8 Å². The van der Waals surface area contributed by atoms with Gasteiger partial charge in [-0.05, 0) is 29.8 Å². The zero-order valence-corrected chi connectivity index (χ0v) is 22.7. The number of carbonyl (C=O) groups excluding carboxylic acids is 2. The van der Waals surface area contributed by atoms with E-state index in [4.69, 9.17) is 6.42 Å². The molecule has 0 heterocycles. The Morgan fingerprint density at radius 3 is 2.35 bits per heavy atom. The van der Waals surface area contributed by atoms with Crippen molar-refractivity contribution in [3.05, 3.63) is 91.7 Å². The maximum Gasteiger partial charge on any atom is 1.00 e. The molecule has 0 saturated carbocycles. The van der Waals surface area contributed by atoms with E-state index in [1.165, 1.54) is 11.8 Å². The molecule has 0 saturated heterocycles. The summed E-state index contributed by atoms with van der Waals surface area (Å²) in [6.45, 7) is 10.5. The second kappa shape index (κ2) is 17.5. The standard InChI is InChI=1S/C28H27N3O2S.C2H5.Li/c1-4-16-31(3)17-10-15-29-28(33)27(22-11-6-5-7-12-22)34-20-30-26-19-24-14-9-8-13-23(24)18-25(26)21(2)32;1-2;/h1,5-9,11-14,18-19,27H,2,10,15-17H2,3H3,(H,29,33);1H2,2H3;/q-2;-1;+1. The fraction of sp³-hybridized carbons (Fsp3) is 0.233. The Labute approximate surface area is 237 Å². The van der Waals surface area contributed by atoms with Crippen LogP contribution >= 0.6 is 11.8 Å². The molecular weight excluding hydrogens is 473 g/mol. The number of carbonyl (C=O) groups is 2. The summed E-state index contributed by atoms with van der Waals surface area (Å²) >= 11 is 1.18. The fourth-order valence-corrected chi connectivity index (χ4v) is 4.20. The molecule has 0 aliphatic carbocycles. The number of nitrogens with one attached hydrogen (secondary N) is 1. The predicted octanol–water partition coefficient (Wildman–Crippen LogP) is 2.78. The molecule has 0 fully saturated rings. The molecule has 0 aliphatic heterocycles. The number of Topliss-reactive ketones (excluding diaryl/α,β-unsaturated/α-hetero) is 1. The predicted molar refractivity (Wildman–Crippen MR) is 152 cm³/mol. The number of hydrogen-bond acceptors (Lipinski definition) is 5. The molecule has 188 valence electrons. The minimum Gasteiger partial charge on any atom is -0.463 e. The first kappa shape index (κ1) is 32.1. The third-order valence-electron chi connectivity index (χ3n) is 5.22. The van der Waals surface area contributed by atoms with Gasteiger partial charge in [-0.2, -0.15) is 25.1 Å².